The lowest BCUT2D eigenvalue weighted by molar-refractivity contribution is 0.199. The van der Waals surface area contributed by atoms with Crippen LogP contribution < -0.4 is 5.73 Å². The van der Waals surface area contributed by atoms with Gasteiger partial charge in [-0.1, -0.05) is 18.2 Å². The molecule has 0 amide bonds. The molecule has 3 heterocycles. The predicted molar refractivity (Wildman–Crippen MR) is 117 cm³/mol. The van der Waals surface area contributed by atoms with Gasteiger partial charge in [0, 0.05) is 11.8 Å². The van der Waals surface area contributed by atoms with Gasteiger partial charge in [0.05, 0.1) is 34.1 Å². The molecule has 166 valence electrons. The molecule has 0 aliphatic rings. The highest BCUT2D eigenvalue weighted by molar-refractivity contribution is 5.89. The molecule has 11 heteroatoms. The number of benzene rings is 2. The standard InChI is InChI=1S/C23H14F2N8O/c24-14-5-2-6-15(25)17(14)20(34)21-31-22-18(16-7-8-28-11-29-16)19(30-23(27)33(22)32-21)13-4-1-3-12(9-13)10-26/h1-9,11,20,34H,(H2,27,30). The van der Waals surface area contributed by atoms with Crippen LogP contribution in [-0.2, 0) is 0 Å². The van der Waals surface area contributed by atoms with E-state index in [0.717, 1.165) is 16.6 Å². The summed E-state index contributed by atoms with van der Waals surface area (Å²) in [5.41, 5.74) is 7.82. The third kappa shape index (κ3) is 3.48. The highest BCUT2D eigenvalue weighted by Crippen LogP contribution is 2.35. The molecule has 0 radical (unpaired) electrons. The molecular weight excluding hydrogens is 442 g/mol. The summed E-state index contributed by atoms with van der Waals surface area (Å²) in [6.45, 7) is 0. The van der Waals surface area contributed by atoms with Gasteiger partial charge in [-0.25, -0.2) is 28.7 Å². The summed E-state index contributed by atoms with van der Waals surface area (Å²) < 4.78 is 29.7. The minimum absolute atomic E-state index is 0.0925. The van der Waals surface area contributed by atoms with Crippen molar-refractivity contribution in [2.45, 2.75) is 6.10 Å². The van der Waals surface area contributed by atoms with Gasteiger partial charge >= 0.3 is 0 Å². The third-order valence-electron chi connectivity index (χ3n) is 5.15. The highest BCUT2D eigenvalue weighted by atomic mass is 19.1. The van der Waals surface area contributed by atoms with E-state index >= 15 is 0 Å². The van der Waals surface area contributed by atoms with Crippen LogP contribution in [0.15, 0.2) is 61.1 Å². The van der Waals surface area contributed by atoms with Gasteiger partial charge in [0.2, 0.25) is 5.95 Å². The van der Waals surface area contributed by atoms with E-state index in [1.807, 2.05) is 0 Å². The molecule has 9 nitrogen and oxygen atoms in total. The number of rotatable bonds is 4. The largest absolute Gasteiger partial charge is 0.380 e. The number of hydrogen-bond donors (Lipinski definition) is 2. The second-order valence-electron chi connectivity index (χ2n) is 7.22. The van der Waals surface area contributed by atoms with Crippen molar-refractivity contribution in [3.8, 4) is 28.6 Å². The number of hydrogen-bond acceptors (Lipinski definition) is 8. The Balaban J connectivity index is 1.79. The molecule has 5 aromatic rings. The van der Waals surface area contributed by atoms with Crippen LogP contribution in [-0.4, -0.2) is 34.7 Å². The molecule has 0 bridgehead atoms. The van der Waals surface area contributed by atoms with Gasteiger partial charge in [0.1, 0.15) is 24.1 Å². The number of nitrogens with two attached hydrogens (primary N) is 1. The first kappa shape index (κ1) is 21.0. The van der Waals surface area contributed by atoms with Crippen LogP contribution in [0.2, 0.25) is 0 Å². The van der Waals surface area contributed by atoms with Crippen molar-refractivity contribution in [1.29, 1.82) is 5.26 Å². The molecule has 1 atom stereocenters. The van der Waals surface area contributed by atoms with E-state index in [9.17, 15) is 19.1 Å². The third-order valence-corrected chi connectivity index (χ3v) is 5.15. The summed E-state index contributed by atoms with van der Waals surface area (Å²) >= 11 is 0. The van der Waals surface area contributed by atoms with Crippen molar-refractivity contribution in [3.63, 3.8) is 0 Å². The minimum atomic E-state index is -1.80. The molecule has 3 aromatic heterocycles. The van der Waals surface area contributed by atoms with Crippen LogP contribution in [0.1, 0.15) is 23.1 Å². The first-order chi connectivity index (χ1) is 16.5. The van der Waals surface area contributed by atoms with E-state index in [4.69, 9.17) is 5.73 Å². The Hall–Kier alpha value is -4.82. The van der Waals surface area contributed by atoms with Gasteiger partial charge in [-0.3, -0.25) is 0 Å². The molecule has 34 heavy (non-hydrogen) atoms. The fourth-order valence-corrected chi connectivity index (χ4v) is 3.61. The maximum Gasteiger partial charge on any atom is 0.223 e. The Morgan fingerprint density at radius 1 is 1.06 bits per heavy atom. The van der Waals surface area contributed by atoms with Crippen LogP contribution in [0.25, 0.3) is 28.2 Å². The lowest BCUT2D eigenvalue weighted by Crippen LogP contribution is -2.08. The summed E-state index contributed by atoms with van der Waals surface area (Å²) in [6, 6.07) is 13.6. The fraction of sp³-hybridized carbons (Fsp3) is 0.0435. The Kier molecular flexibility index (Phi) is 5.12. The molecule has 0 saturated heterocycles. The van der Waals surface area contributed by atoms with E-state index in [1.165, 1.54) is 18.6 Å². The first-order valence-corrected chi connectivity index (χ1v) is 9.93. The summed E-state index contributed by atoms with van der Waals surface area (Å²) in [4.78, 5) is 17.0. The Morgan fingerprint density at radius 3 is 2.53 bits per heavy atom. The molecule has 0 aliphatic carbocycles. The average Bonchev–Trinajstić information content (AvgIpc) is 3.30. The maximum absolute atomic E-state index is 14.3. The second kappa shape index (κ2) is 8.27. The number of nitriles is 1. The smallest absolute Gasteiger partial charge is 0.223 e. The number of aliphatic hydroxyl groups is 1. The van der Waals surface area contributed by atoms with Crippen LogP contribution >= 0.6 is 0 Å². The van der Waals surface area contributed by atoms with Gasteiger partial charge in [-0.15, -0.1) is 5.10 Å². The highest BCUT2D eigenvalue weighted by Gasteiger charge is 2.27. The molecule has 5 rings (SSSR count). The van der Waals surface area contributed by atoms with Crippen molar-refractivity contribution >= 4 is 11.6 Å². The van der Waals surface area contributed by atoms with Crippen LogP contribution in [0.4, 0.5) is 14.7 Å². The van der Waals surface area contributed by atoms with E-state index in [1.54, 1.807) is 30.3 Å². The fourth-order valence-electron chi connectivity index (χ4n) is 3.61. The van der Waals surface area contributed by atoms with Gasteiger partial charge in [-0.05, 0) is 30.3 Å². The Morgan fingerprint density at radius 2 is 1.82 bits per heavy atom. The number of fused-ring (bicyclic) bond motifs is 1. The van der Waals surface area contributed by atoms with E-state index < -0.39 is 23.3 Å². The quantitative estimate of drug-likeness (QED) is 0.421. The number of aliphatic hydroxyl groups excluding tert-OH is 1. The lowest BCUT2D eigenvalue weighted by Gasteiger charge is -2.11. The second-order valence-corrected chi connectivity index (χ2v) is 7.22. The predicted octanol–water partition coefficient (Wildman–Crippen LogP) is 3.06. The summed E-state index contributed by atoms with van der Waals surface area (Å²) in [5, 5.41) is 24.2. The monoisotopic (exact) mass is 456 g/mol. The van der Waals surface area contributed by atoms with Crippen molar-refractivity contribution in [2.24, 2.45) is 0 Å². The Bertz CT molecular complexity index is 1560. The maximum atomic E-state index is 14.3. The summed E-state index contributed by atoms with van der Waals surface area (Å²) in [5.74, 6) is -2.26. The van der Waals surface area contributed by atoms with Gasteiger partial charge in [0.25, 0.3) is 0 Å². The van der Waals surface area contributed by atoms with Crippen molar-refractivity contribution in [1.82, 2.24) is 29.5 Å². The van der Waals surface area contributed by atoms with Gasteiger partial charge in [-0.2, -0.15) is 9.78 Å². The molecule has 0 spiro atoms. The molecule has 0 aliphatic heterocycles. The first-order valence-electron chi connectivity index (χ1n) is 9.93. The van der Waals surface area contributed by atoms with Crippen molar-refractivity contribution in [2.75, 3.05) is 5.73 Å². The van der Waals surface area contributed by atoms with Crippen LogP contribution in [0.5, 0.6) is 0 Å². The van der Waals surface area contributed by atoms with Gasteiger partial charge < -0.3 is 10.8 Å². The number of aromatic nitrogens is 6. The number of halogens is 2. The molecule has 1 unspecified atom stereocenters. The topological polar surface area (TPSA) is 139 Å². The number of anilines is 1. The molecular formula is C23H14F2N8O. The van der Waals surface area contributed by atoms with Crippen LogP contribution in [0.3, 0.4) is 0 Å². The number of nitrogen functional groups attached to an aromatic ring is 1. The molecule has 0 fully saturated rings. The van der Waals surface area contributed by atoms with Crippen molar-refractivity contribution < 1.29 is 13.9 Å². The van der Waals surface area contributed by atoms with E-state index in [0.29, 0.717) is 28.1 Å². The SMILES string of the molecule is N#Cc1cccc(-c2nc(N)n3nc(C(O)c4c(F)cccc4F)nc3c2-c2ccncn2)c1. The Labute approximate surface area is 190 Å². The molecule has 2 aromatic carbocycles. The van der Waals surface area contributed by atoms with E-state index in [2.05, 4.69) is 31.1 Å². The summed E-state index contributed by atoms with van der Waals surface area (Å²) in [7, 11) is 0. The minimum Gasteiger partial charge on any atom is -0.380 e. The number of nitrogens with zero attached hydrogens (tertiary/aromatic N) is 7. The average molecular weight is 456 g/mol. The summed E-state index contributed by atoms with van der Waals surface area (Å²) in [6.07, 6.45) is 1.05. The van der Waals surface area contributed by atoms with E-state index in [-0.39, 0.29) is 17.4 Å². The molecule has 3 N–H and O–H groups in total. The molecule has 0 saturated carbocycles. The zero-order valence-electron chi connectivity index (χ0n) is 17.3. The van der Waals surface area contributed by atoms with Crippen LogP contribution in [0, 0.1) is 23.0 Å². The van der Waals surface area contributed by atoms with Gasteiger partial charge in [0.15, 0.2) is 11.5 Å². The van der Waals surface area contributed by atoms with Crippen molar-refractivity contribution in [3.05, 3.63) is 89.6 Å². The zero-order valence-corrected chi connectivity index (χ0v) is 17.3. The normalized spacial score (nSPS) is 11.9. The zero-order chi connectivity index (χ0) is 23.8. The lowest BCUT2D eigenvalue weighted by atomic mass is 10.0.